The number of hydrogen-bond acceptors (Lipinski definition) is 5. The van der Waals surface area contributed by atoms with Gasteiger partial charge in [-0.05, 0) is 12.5 Å². The second-order valence-corrected chi connectivity index (χ2v) is 5.23. The Morgan fingerprint density at radius 2 is 2.11 bits per heavy atom. The van der Waals surface area contributed by atoms with Gasteiger partial charge in [0.15, 0.2) is 0 Å². The average Bonchev–Trinajstić information content (AvgIpc) is 2.35. The second kappa shape index (κ2) is 5.78. The molecule has 0 saturated carbocycles. The quantitative estimate of drug-likeness (QED) is 0.622. The zero-order valence-electron chi connectivity index (χ0n) is 10.0. The minimum atomic E-state index is -3.80. The van der Waals surface area contributed by atoms with Gasteiger partial charge in [-0.2, -0.15) is 0 Å². The number of nitro groups is 1. The zero-order chi connectivity index (χ0) is 13.8. The van der Waals surface area contributed by atoms with Gasteiger partial charge in [-0.25, -0.2) is 13.1 Å². The minimum Gasteiger partial charge on any atom is -0.495 e. The monoisotopic (exact) mass is 274 g/mol. The number of methoxy groups -OCH3 is 1. The lowest BCUT2D eigenvalue weighted by atomic mass is 10.3. The van der Waals surface area contributed by atoms with Gasteiger partial charge in [0.1, 0.15) is 10.6 Å². The molecule has 1 rings (SSSR count). The molecule has 0 unspecified atom stereocenters. The molecule has 0 aliphatic heterocycles. The van der Waals surface area contributed by atoms with Crippen molar-refractivity contribution in [1.82, 2.24) is 4.72 Å². The summed E-state index contributed by atoms with van der Waals surface area (Å²) in [6.45, 7) is 2.07. The fourth-order valence-electron chi connectivity index (χ4n) is 1.30. The van der Waals surface area contributed by atoms with Crippen molar-refractivity contribution < 1.29 is 18.1 Å². The molecular weight excluding hydrogens is 260 g/mol. The Morgan fingerprint density at radius 1 is 1.44 bits per heavy atom. The predicted molar refractivity (Wildman–Crippen MR) is 65.1 cm³/mol. The largest absolute Gasteiger partial charge is 0.495 e. The van der Waals surface area contributed by atoms with Crippen molar-refractivity contribution in [3.63, 3.8) is 0 Å². The highest BCUT2D eigenvalue weighted by atomic mass is 32.2. The maximum atomic E-state index is 11.9. The van der Waals surface area contributed by atoms with Crippen LogP contribution in [0.3, 0.4) is 0 Å². The van der Waals surface area contributed by atoms with Crippen LogP contribution in [0.25, 0.3) is 0 Å². The molecule has 0 heterocycles. The van der Waals surface area contributed by atoms with E-state index in [0.717, 1.165) is 6.07 Å². The van der Waals surface area contributed by atoms with Crippen LogP contribution < -0.4 is 9.46 Å². The van der Waals surface area contributed by atoms with Gasteiger partial charge < -0.3 is 4.74 Å². The summed E-state index contributed by atoms with van der Waals surface area (Å²) in [6, 6.07) is 3.44. The van der Waals surface area contributed by atoms with E-state index < -0.39 is 14.9 Å². The van der Waals surface area contributed by atoms with Gasteiger partial charge in [0, 0.05) is 18.7 Å². The summed E-state index contributed by atoms with van der Waals surface area (Å²) < 4.78 is 31.1. The van der Waals surface area contributed by atoms with Crippen LogP contribution in [-0.2, 0) is 10.0 Å². The third-order valence-electron chi connectivity index (χ3n) is 2.19. The molecule has 18 heavy (non-hydrogen) atoms. The van der Waals surface area contributed by atoms with Crippen LogP contribution in [-0.4, -0.2) is 27.0 Å². The number of non-ortho nitro benzene ring substituents is 1. The zero-order valence-corrected chi connectivity index (χ0v) is 10.9. The molecule has 0 atom stereocenters. The standard InChI is InChI=1S/C10H14N2O5S/c1-3-6-11-18(15,16)10-7-8(12(13)14)4-5-9(10)17-2/h4-5,7,11H,3,6H2,1-2H3. The van der Waals surface area contributed by atoms with E-state index in [0.29, 0.717) is 6.42 Å². The first-order chi connectivity index (χ1) is 8.42. The summed E-state index contributed by atoms with van der Waals surface area (Å²) in [6.07, 6.45) is 0.622. The van der Waals surface area contributed by atoms with E-state index in [-0.39, 0.29) is 22.9 Å². The van der Waals surface area contributed by atoms with Crippen molar-refractivity contribution in [2.24, 2.45) is 0 Å². The lowest BCUT2D eigenvalue weighted by Gasteiger charge is -2.09. The van der Waals surface area contributed by atoms with Gasteiger partial charge in [-0.3, -0.25) is 10.1 Å². The van der Waals surface area contributed by atoms with E-state index in [9.17, 15) is 18.5 Å². The number of nitrogens with one attached hydrogen (secondary N) is 1. The van der Waals surface area contributed by atoms with Crippen LogP contribution in [0.5, 0.6) is 5.75 Å². The molecule has 0 spiro atoms. The average molecular weight is 274 g/mol. The molecule has 0 amide bonds. The number of benzene rings is 1. The topological polar surface area (TPSA) is 98.5 Å². The Balaban J connectivity index is 3.27. The number of sulfonamides is 1. The van der Waals surface area contributed by atoms with E-state index >= 15 is 0 Å². The van der Waals surface area contributed by atoms with Gasteiger partial charge >= 0.3 is 0 Å². The first-order valence-electron chi connectivity index (χ1n) is 5.24. The molecule has 0 aliphatic carbocycles. The van der Waals surface area contributed by atoms with Crippen LogP contribution in [0.4, 0.5) is 5.69 Å². The highest BCUT2D eigenvalue weighted by Gasteiger charge is 2.22. The summed E-state index contributed by atoms with van der Waals surface area (Å²) in [5.74, 6) is 0.0733. The summed E-state index contributed by atoms with van der Waals surface area (Å²) in [7, 11) is -2.50. The fraction of sp³-hybridized carbons (Fsp3) is 0.400. The van der Waals surface area contributed by atoms with Crippen molar-refractivity contribution in [2.45, 2.75) is 18.2 Å². The van der Waals surface area contributed by atoms with Gasteiger partial charge in [-0.1, -0.05) is 6.92 Å². The highest BCUT2D eigenvalue weighted by molar-refractivity contribution is 7.89. The first-order valence-corrected chi connectivity index (χ1v) is 6.72. The van der Waals surface area contributed by atoms with E-state index in [1.54, 1.807) is 0 Å². The molecule has 0 aliphatic rings. The third kappa shape index (κ3) is 3.17. The summed E-state index contributed by atoms with van der Waals surface area (Å²) >= 11 is 0. The molecule has 0 radical (unpaired) electrons. The van der Waals surface area contributed by atoms with Gasteiger partial charge in [0.25, 0.3) is 5.69 Å². The van der Waals surface area contributed by atoms with Crippen molar-refractivity contribution in [3.8, 4) is 5.75 Å². The smallest absolute Gasteiger partial charge is 0.271 e. The van der Waals surface area contributed by atoms with Crippen LogP contribution in [0.2, 0.25) is 0 Å². The Morgan fingerprint density at radius 3 is 2.61 bits per heavy atom. The lowest BCUT2D eigenvalue weighted by Crippen LogP contribution is -2.24. The van der Waals surface area contributed by atoms with E-state index in [4.69, 9.17) is 4.74 Å². The first kappa shape index (κ1) is 14.4. The third-order valence-corrected chi connectivity index (χ3v) is 3.67. The molecule has 1 aromatic rings. The molecule has 7 nitrogen and oxygen atoms in total. The number of nitrogens with zero attached hydrogens (tertiary/aromatic N) is 1. The molecular formula is C10H14N2O5S. The number of hydrogen-bond donors (Lipinski definition) is 1. The predicted octanol–water partition coefficient (Wildman–Crippen LogP) is 1.29. The van der Waals surface area contributed by atoms with Crippen LogP contribution >= 0.6 is 0 Å². The Bertz CT molecular complexity index is 541. The maximum Gasteiger partial charge on any atom is 0.271 e. The van der Waals surface area contributed by atoms with Crippen molar-refractivity contribution >= 4 is 15.7 Å². The van der Waals surface area contributed by atoms with E-state index in [2.05, 4.69) is 4.72 Å². The van der Waals surface area contributed by atoms with Crippen LogP contribution in [0, 0.1) is 10.1 Å². The second-order valence-electron chi connectivity index (χ2n) is 3.49. The van der Waals surface area contributed by atoms with Gasteiger partial charge in [0.05, 0.1) is 12.0 Å². The maximum absolute atomic E-state index is 11.9. The SMILES string of the molecule is CCCNS(=O)(=O)c1cc([N+](=O)[O-])ccc1OC. The fourth-order valence-corrected chi connectivity index (χ4v) is 2.62. The van der Waals surface area contributed by atoms with E-state index in [1.165, 1.54) is 19.2 Å². The highest BCUT2D eigenvalue weighted by Crippen LogP contribution is 2.27. The van der Waals surface area contributed by atoms with Crippen molar-refractivity contribution in [1.29, 1.82) is 0 Å². The Hall–Kier alpha value is -1.67. The lowest BCUT2D eigenvalue weighted by molar-refractivity contribution is -0.385. The molecule has 8 heteroatoms. The van der Waals surface area contributed by atoms with Gasteiger partial charge in [0.2, 0.25) is 10.0 Å². The molecule has 0 aromatic heterocycles. The Labute approximate surface area is 105 Å². The summed E-state index contributed by atoms with van der Waals surface area (Å²) in [4.78, 5) is 9.76. The number of nitro benzene ring substituents is 1. The number of ether oxygens (including phenoxy) is 1. The van der Waals surface area contributed by atoms with Crippen LogP contribution in [0.1, 0.15) is 13.3 Å². The Kier molecular flexibility index (Phi) is 4.62. The van der Waals surface area contributed by atoms with Crippen molar-refractivity contribution in [3.05, 3.63) is 28.3 Å². The molecule has 1 aromatic carbocycles. The van der Waals surface area contributed by atoms with E-state index in [1.807, 2.05) is 6.92 Å². The minimum absolute atomic E-state index is 0.0733. The molecule has 0 bridgehead atoms. The number of rotatable bonds is 6. The van der Waals surface area contributed by atoms with Crippen molar-refractivity contribution in [2.75, 3.05) is 13.7 Å². The normalized spacial score (nSPS) is 11.2. The molecule has 0 saturated heterocycles. The molecule has 0 fully saturated rings. The molecule has 1 N–H and O–H groups in total. The van der Waals surface area contributed by atoms with Gasteiger partial charge in [-0.15, -0.1) is 0 Å². The summed E-state index contributed by atoms with van der Waals surface area (Å²) in [5, 5.41) is 10.6. The summed E-state index contributed by atoms with van der Waals surface area (Å²) in [5.41, 5.74) is -0.298. The van der Waals surface area contributed by atoms with Crippen LogP contribution in [0.15, 0.2) is 23.1 Å². The molecule has 100 valence electrons.